The summed E-state index contributed by atoms with van der Waals surface area (Å²) in [6, 6.07) is 5.11. The summed E-state index contributed by atoms with van der Waals surface area (Å²) in [6.07, 6.45) is 2.40. The molecule has 2 atom stereocenters. The number of nitrogens with zero attached hydrogens (tertiary/aromatic N) is 1. The van der Waals surface area contributed by atoms with Crippen LogP contribution in [0.3, 0.4) is 0 Å². The molecular weight excluding hydrogens is 714 g/mol. The van der Waals surface area contributed by atoms with Crippen molar-refractivity contribution >= 4 is 23.7 Å². The van der Waals surface area contributed by atoms with Gasteiger partial charge in [-0.3, -0.25) is 24.5 Å². The van der Waals surface area contributed by atoms with Gasteiger partial charge in [-0.25, -0.2) is 0 Å². The van der Waals surface area contributed by atoms with Gasteiger partial charge in [0.25, 0.3) is 5.91 Å². The molecule has 2 unspecified atom stereocenters. The zero-order valence-electron chi connectivity index (χ0n) is 23.0. The van der Waals surface area contributed by atoms with Crippen LogP contribution >= 0.6 is 0 Å². The Balaban J connectivity index is 0.000000401. The van der Waals surface area contributed by atoms with E-state index >= 15 is 0 Å². The molecular formula is C28H40N2O7U. The molecule has 208 valence electrons. The Morgan fingerprint density at radius 3 is 2.39 bits per heavy atom. The fourth-order valence-electron chi connectivity index (χ4n) is 4.31. The third kappa shape index (κ3) is 10.1. The maximum atomic E-state index is 12.9. The molecule has 0 spiro atoms. The molecule has 9 nitrogen and oxygen atoms in total. The van der Waals surface area contributed by atoms with E-state index < -0.39 is 11.6 Å². The van der Waals surface area contributed by atoms with Crippen LogP contribution in [0, 0.1) is 45.0 Å². The third-order valence-corrected chi connectivity index (χ3v) is 5.88. The predicted molar refractivity (Wildman–Crippen MR) is 138 cm³/mol. The first-order valence-corrected chi connectivity index (χ1v) is 12.7. The maximum Gasteiger partial charge on any atom is 2.00 e. The molecule has 10 heteroatoms. The third-order valence-electron chi connectivity index (χ3n) is 5.88. The number of hydrogen-bond acceptors (Lipinski definition) is 7. The van der Waals surface area contributed by atoms with E-state index in [0.717, 1.165) is 24.0 Å². The molecule has 1 N–H and O–H groups in total. The van der Waals surface area contributed by atoms with E-state index in [-0.39, 0.29) is 73.7 Å². The second-order valence-corrected chi connectivity index (χ2v) is 9.90. The number of amides is 3. The van der Waals surface area contributed by atoms with Crippen molar-refractivity contribution in [3.63, 3.8) is 0 Å². The van der Waals surface area contributed by atoms with Crippen molar-refractivity contribution < 1.29 is 64.5 Å². The summed E-state index contributed by atoms with van der Waals surface area (Å²) in [5.41, 5.74) is 2.23. The van der Waals surface area contributed by atoms with E-state index in [1.54, 1.807) is 4.90 Å². The predicted octanol–water partition coefficient (Wildman–Crippen LogP) is 3.36. The van der Waals surface area contributed by atoms with Crippen molar-refractivity contribution in [2.45, 2.75) is 77.5 Å². The minimum absolute atomic E-state index is 0. The molecule has 0 bridgehead atoms. The van der Waals surface area contributed by atoms with Gasteiger partial charge in [0.1, 0.15) is 11.6 Å². The smallest absolute Gasteiger partial charge is 0.460 e. The molecule has 1 aromatic rings. The Morgan fingerprint density at radius 2 is 1.79 bits per heavy atom. The Hall–Kier alpha value is -1.73. The van der Waals surface area contributed by atoms with Crippen LogP contribution < -0.4 is 5.32 Å². The van der Waals surface area contributed by atoms with Crippen LogP contribution in [0.4, 0.5) is 0 Å². The largest absolute Gasteiger partial charge is 2.00 e. The fraction of sp³-hybridized carbons (Fsp3) is 0.571. The summed E-state index contributed by atoms with van der Waals surface area (Å²) in [7, 11) is 0. The van der Waals surface area contributed by atoms with Crippen molar-refractivity contribution in [2.24, 2.45) is 0 Å². The van der Waals surface area contributed by atoms with E-state index in [2.05, 4.69) is 19.2 Å². The summed E-state index contributed by atoms with van der Waals surface area (Å²) in [5.74, 6) is -0.986. The Kier molecular flexibility index (Phi) is 14.8. The summed E-state index contributed by atoms with van der Waals surface area (Å²) in [5, 5.41) is 2.33. The number of rotatable bonds is 10. The van der Waals surface area contributed by atoms with E-state index in [1.165, 1.54) is 0 Å². The van der Waals surface area contributed by atoms with Gasteiger partial charge in [0.05, 0.1) is 32.3 Å². The first-order chi connectivity index (χ1) is 17.5. The van der Waals surface area contributed by atoms with Gasteiger partial charge < -0.3 is 33.0 Å². The standard InChI is InChI=1S/C17H19N2O3.C11H21O4.U/c1-3-5-11-6-4-7-12-10(2)19(17(22)15(11)12)13-8-9-14(20)18-16(13)21;1-5-13-8-9-14-7-6-10(12)15-11(2,3)4;/h4,6-7,10,13H,1,3,5,8-9H2,2H3,(H,18,20,21);1,5-9H2,2-4H3;/q2*-1;+2. The number of carbonyl (C=O) groups is 4. The number of piperidine rings is 1. The van der Waals surface area contributed by atoms with Crippen molar-refractivity contribution in [2.75, 3.05) is 26.4 Å². The second kappa shape index (κ2) is 16.4. The first-order valence-electron chi connectivity index (χ1n) is 12.7. The zero-order chi connectivity index (χ0) is 27.6. The zero-order valence-corrected chi connectivity index (χ0v) is 27.1. The van der Waals surface area contributed by atoms with Gasteiger partial charge in [0.2, 0.25) is 11.8 Å². The molecule has 1 saturated heterocycles. The minimum Gasteiger partial charge on any atom is -0.460 e. The van der Waals surface area contributed by atoms with Gasteiger partial charge in [0.15, 0.2) is 0 Å². The van der Waals surface area contributed by atoms with Crippen molar-refractivity contribution in [1.82, 2.24) is 10.2 Å². The Bertz CT molecular complexity index is 961. The van der Waals surface area contributed by atoms with Crippen LogP contribution in [-0.2, 0) is 35.0 Å². The normalized spacial score (nSPS) is 18.7. The topological polar surface area (TPSA) is 111 Å². The Morgan fingerprint density at radius 1 is 1.11 bits per heavy atom. The number of imide groups is 1. The fourth-order valence-corrected chi connectivity index (χ4v) is 4.31. The van der Waals surface area contributed by atoms with E-state index in [1.807, 2.05) is 45.9 Å². The molecule has 0 radical (unpaired) electrons. The maximum absolute atomic E-state index is 12.9. The molecule has 2 aliphatic rings. The van der Waals surface area contributed by atoms with Gasteiger partial charge in [0, 0.05) is 12.0 Å². The van der Waals surface area contributed by atoms with Crippen LogP contribution in [0.1, 0.15) is 80.9 Å². The van der Waals surface area contributed by atoms with Crippen LogP contribution in [0.15, 0.2) is 18.2 Å². The molecule has 2 heterocycles. The van der Waals surface area contributed by atoms with Gasteiger partial charge in [-0.1, -0.05) is 31.2 Å². The molecule has 0 saturated carbocycles. The van der Waals surface area contributed by atoms with E-state index in [4.69, 9.17) is 14.2 Å². The Labute approximate surface area is 250 Å². The van der Waals surface area contributed by atoms with Gasteiger partial charge in [-0.05, 0) is 45.2 Å². The van der Waals surface area contributed by atoms with E-state index in [0.29, 0.717) is 38.4 Å². The number of hydrogen-bond donors (Lipinski definition) is 1. The molecule has 1 aromatic carbocycles. The van der Waals surface area contributed by atoms with Crippen molar-refractivity contribution in [3.8, 4) is 0 Å². The molecule has 3 rings (SSSR count). The number of ether oxygens (including phenoxy) is 3. The molecule has 1 fully saturated rings. The summed E-state index contributed by atoms with van der Waals surface area (Å²) in [4.78, 5) is 49.1. The van der Waals surface area contributed by atoms with Crippen molar-refractivity contribution in [3.05, 3.63) is 48.7 Å². The number of carbonyl (C=O) groups excluding carboxylic acids is 4. The van der Waals surface area contributed by atoms with Crippen LogP contribution in [0.5, 0.6) is 0 Å². The summed E-state index contributed by atoms with van der Waals surface area (Å²) < 4.78 is 15.2. The van der Waals surface area contributed by atoms with Crippen LogP contribution in [-0.4, -0.2) is 66.7 Å². The first kappa shape index (κ1) is 34.3. The number of esters is 1. The number of aryl methyl sites for hydroxylation is 1. The van der Waals surface area contributed by atoms with Gasteiger partial charge >= 0.3 is 37.1 Å². The average molecular weight is 755 g/mol. The van der Waals surface area contributed by atoms with Gasteiger partial charge in [-0.2, -0.15) is 6.42 Å². The monoisotopic (exact) mass is 754 g/mol. The SMILES string of the molecule is [CH2-]CCc1cccc2c1C(=O)N(C1CCC(=O)NC1=O)C2C.[CH2-]COCCOCCC(=O)OC(C)(C)C.[U+2]. The van der Waals surface area contributed by atoms with Crippen LogP contribution in [0.25, 0.3) is 0 Å². The van der Waals surface area contributed by atoms with Crippen molar-refractivity contribution in [1.29, 1.82) is 0 Å². The quantitative estimate of drug-likeness (QED) is 0.169. The minimum atomic E-state index is -0.569. The van der Waals surface area contributed by atoms with Gasteiger partial charge in [-0.15, -0.1) is 0 Å². The molecule has 3 amide bonds. The summed E-state index contributed by atoms with van der Waals surface area (Å²) >= 11 is 0. The average Bonchev–Trinajstić information content (AvgIpc) is 3.07. The second-order valence-electron chi connectivity index (χ2n) is 9.90. The molecule has 0 aliphatic carbocycles. The van der Waals surface area contributed by atoms with Crippen LogP contribution in [0.2, 0.25) is 0 Å². The summed E-state index contributed by atoms with van der Waals surface area (Å²) in [6.45, 7) is 16.6. The van der Waals surface area contributed by atoms with E-state index in [9.17, 15) is 19.2 Å². The molecule has 0 aromatic heterocycles. The molecule has 38 heavy (non-hydrogen) atoms. The number of nitrogens with one attached hydrogen (secondary N) is 1. The number of benzene rings is 1. The molecule has 2 aliphatic heterocycles. The number of fused-ring (bicyclic) bond motifs is 1.